The summed E-state index contributed by atoms with van der Waals surface area (Å²) >= 11 is 0. The lowest BCUT2D eigenvalue weighted by Gasteiger charge is -2.36. The summed E-state index contributed by atoms with van der Waals surface area (Å²) in [5.41, 5.74) is 2.33. The summed E-state index contributed by atoms with van der Waals surface area (Å²) in [5.74, 6) is -2.33. The van der Waals surface area contributed by atoms with E-state index in [-0.39, 0.29) is 23.3 Å². The highest BCUT2D eigenvalue weighted by Gasteiger charge is 2.32. The van der Waals surface area contributed by atoms with Crippen LogP contribution in [0.2, 0.25) is 0 Å². The van der Waals surface area contributed by atoms with Crippen LogP contribution in [0.5, 0.6) is 0 Å². The number of carbonyl (C=O) groups is 2. The average Bonchev–Trinajstić information content (AvgIpc) is 2.74. The topological polar surface area (TPSA) is 40.6 Å². The Balaban J connectivity index is 1.41. The standard InChI is InChI=1S/C22H22F2N2O2/c23-18-8-7-17(14-19(18)24)21(27)25-12-9-16(10-13-25)22(28)26-11-3-5-15-4-1-2-6-20(15)26/h1-2,4,6-8,14,16H,3,5,9-13H2. The van der Waals surface area contributed by atoms with E-state index in [1.54, 1.807) is 4.90 Å². The highest BCUT2D eigenvalue weighted by molar-refractivity contribution is 5.97. The summed E-state index contributed by atoms with van der Waals surface area (Å²) in [6, 6.07) is 11.2. The Kier molecular flexibility index (Phi) is 5.11. The van der Waals surface area contributed by atoms with E-state index in [0.717, 1.165) is 37.2 Å². The van der Waals surface area contributed by atoms with Crippen LogP contribution >= 0.6 is 0 Å². The number of likely N-dealkylation sites (tertiary alicyclic amines) is 1. The summed E-state index contributed by atoms with van der Waals surface area (Å²) in [6.45, 7) is 1.59. The van der Waals surface area contributed by atoms with Gasteiger partial charge in [0, 0.05) is 36.8 Å². The molecule has 0 N–H and O–H groups in total. The molecule has 1 saturated heterocycles. The van der Waals surface area contributed by atoms with Crippen molar-refractivity contribution in [1.82, 2.24) is 4.90 Å². The molecular formula is C22H22F2N2O2. The van der Waals surface area contributed by atoms with E-state index in [0.29, 0.717) is 25.9 Å². The molecule has 4 nitrogen and oxygen atoms in total. The normalized spacial score (nSPS) is 17.4. The fraction of sp³-hybridized carbons (Fsp3) is 0.364. The third-order valence-corrected chi connectivity index (χ3v) is 5.67. The third-order valence-electron chi connectivity index (χ3n) is 5.67. The number of carbonyl (C=O) groups excluding carboxylic acids is 2. The van der Waals surface area contributed by atoms with Crippen molar-refractivity contribution in [3.63, 3.8) is 0 Å². The van der Waals surface area contributed by atoms with Crippen molar-refractivity contribution in [3.05, 3.63) is 65.2 Å². The Morgan fingerprint density at radius 1 is 0.929 bits per heavy atom. The summed E-state index contributed by atoms with van der Waals surface area (Å²) in [4.78, 5) is 29.1. The minimum atomic E-state index is -1.03. The molecule has 2 heterocycles. The lowest BCUT2D eigenvalue weighted by atomic mass is 9.92. The van der Waals surface area contributed by atoms with Gasteiger partial charge in [0.1, 0.15) is 0 Å². The number of para-hydroxylation sites is 1. The van der Waals surface area contributed by atoms with Gasteiger partial charge in [0.2, 0.25) is 5.91 Å². The first-order valence-corrected chi connectivity index (χ1v) is 9.68. The number of hydrogen-bond acceptors (Lipinski definition) is 2. The number of fused-ring (bicyclic) bond motifs is 1. The van der Waals surface area contributed by atoms with Crippen molar-refractivity contribution in [2.45, 2.75) is 25.7 Å². The zero-order valence-corrected chi connectivity index (χ0v) is 15.5. The molecule has 4 rings (SSSR count). The molecular weight excluding hydrogens is 362 g/mol. The van der Waals surface area contributed by atoms with Crippen LogP contribution in [0, 0.1) is 17.6 Å². The molecule has 0 saturated carbocycles. The molecule has 0 aromatic heterocycles. The van der Waals surface area contributed by atoms with E-state index in [2.05, 4.69) is 6.07 Å². The van der Waals surface area contributed by atoms with Crippen molar-refractivity contribution in [2.24, 2.45) is 5.92 Å². The van der Waals surface area contributed by atoms with E-state index in [9.17, 15) is 18.4 Å². The van der Waals surface area contributed by atoms with Gasteiger partial charge in [-0.1, -0.05) is 18.2 Å². The van der Waals surface area contributed by atoms with E-state index in [1.807, 2.05) is 23.1 Å². The van der Waals surface area contributed by atoms with Gasteiger partial charge in [0.05, 0.1) is 0 Å². The predicted octanol–water partition coefficient (Wildman–Crippen LogP) is 3.80. The molecule has 0 unspecified atom stereocenters. The van der Waals surface area contributed by atoms with Gasteiger partial charge in [-0.05, 0) is 55.5 Å². The number of hydrogen-bond donors (Lipinski definition) is 0. The summed E-state index contributed by atoms with van der Waals surface area (Å²) < 4.78 is 26.5. The second-order valence-corrected chi connectivity index (χ2v) is 7.42. The SMILES string of the molecule is O=C(c1ccc(F)c(F)c1)N1CCC(C(=O)N2CCCc3ccccc32)CC1. The molecule has 2 aliphatic heterocycles. The number of amides is 2. The molecule has 0 radical (unpaired) electrons. The molecule has 2 aliphatic rings. The number of halogens is 2. The van der Waals surface area contributed by atoms with Gasteiger partial charge in [-0.3, -0.25) is 9.59 Å². The van der Waals surface area contributed by atoms with E-state index in [1.165, 1.54) is 11.6 Å². The molecule has 0 atom stereocenters. The van der Waals surface area contributed by atoms with Crippen LogP contribution in [0.1, 0.15) is 35.2 Å². The van der Waals surface area contributed by atoms with Crippen LogP contribution < -0.4 is 4.90 Å². The first kappa shape index (κ1) is 18.6. The van der Waals surface area contributed by atoms with Gasteiger partial charge in [-0.15, -0.1) is 0 Å². The van der Waals surface area contributed by atoms with Crippen LogP contribution in [0.4, 0.5) is 14.5 Å². The first-order valence-electron chi connectivity index (χ1n) is 9.68. The van der Waals surface area contributed by atoms with Crippen LogP contribution in [0.25, 0.3) is 0 Å². The van der Waals surface area contributed by atoms with Crippen molar-refractivity contribution < 1.29 is 18.4 Å². The van der Waals surface area contributed by atoms with Gasteiger partial charge in [0.25, 0.3) is 5.91 Å². The number of rotatable bonds is 2. The second-order valence-electron chi connectivity index (χ2n) is 7.42. The molecule has 2 aromatic rings. The number of piperidine rings is 1. The molecule has 2 aromatic carbocycles. The summed E-state index contributed by atoms with van der Waals surface area (Å²) in [7, 11) is 0. The van der Waals surface area contributed by atoms with Crippen LogP contribution in [0.15, 0.2) is 42.5 Å². The molecule has 0 spiro atoms. The lowest BCUT2D eigenvalue weighted by molar-refractivity contribution is -0.123. The fourth-order valence-electron chi connectivity index (χ4n) is 4.12. The Bertz CT molecular complexity index is 907. The van der Waals surface area contributed by atoms with Crippen molar-refractivity contribution in [3.8, 4) is 0 Å². The van der Waals surface area contributed by atoms with Crippen LogP contribution in [-0.4, -0.2) is 36.3 Å². The van der Waals surface area contributed by atoms with Crippen LogP contribution in [-0.2, 0) is 11.2 Å². The Morgan fingerprint density at radius 2 is 1.68 bits per heavy atom. The van der Waals surface area contributed by atoms with Gasteiger partial charge in [-0.25, -0.2) is 8.78 Å². The quantitative estimate of drug-likeness (QED) is 0.790. The first-order chi connectivity index (χ1) is 13.5. The maximum Gasteiger partial charge on any atom is 0.253 e. The average molecular weight is 384 g/mol. The zero-order valence-electron chi connectivity index (χ0n) is 15.5. The molecule has 2 amide bonds. The lowest BCUT2D eigenvalue weighted by Crippen LogP contribution is -2.45. The predicted molar refractivity (Wildman–Crippen MR) is 102 cm³/mol. The van der Waals surface area contributed by atoms with Gasteiger partial charge >= 0.3 is 0 Å². The van der Waals surface area contributed by atoms with Gasteiger partial charge in [-0.2, -0.15) is 0 Å². The largest absolute Gasteiger partial charge is 0.339 e. The van der Waals surface area contributed by atoms with Crippen molar-refractivity contribution in [1.29, 1.82) is 0 Å². The van der Waals surface area contributed by atoms with Gasteiger partial charge < -0.3 is 9.80 Å². The molecule has 146 valence electrons. The second kappa shape index (κ2) is 7.70. The monoisotopic (exact) mass is 384 g/mol. The molecule has 0 aliphatic carbocycles. The van der Waals surface area contributed by atoms with E-state index < -0.39 is 11.6 Å². The minimum Gasteiger partial charge on any atom is -0.339 e. The molecule has 6 heteroatoms. The Hall–Kier alpha value is -2.76. The Labute approximate surface area is 162 Å². The summed E-state index contributed by atoms with van der Waals surface area (Å²) in [6.07, 6.45) is 3.09. The molecule has 0 bridgehead atoms. The Morgan fingerprint density at radius 3 is 2.43 bits per heavy atom. The van der Waals surface area contributed by atoms with E-state index in [4.69, 9.17) is 0 Å². The highest BCUT2D eigenvalue weighted by Crippen LogP contribution is 2.30. The summed E-state index contributed by atoms with van der Waals surface area (Å²) in [5, 5.41) is 0. The van der Waals surface area contributed by atoms with E-state index >= 15 is 0 Å². The fourth-order valence-corrected chi connectivity index (χ4v) is 4.12. The van der Waals surface area contributed by atoms with Gasteiger partial charge in [0.15, 0.2) is 11.6 Å². The number of aryl methyl sites for hydroxylation is 1. The van der Waals surface area contributed by atoms with Crippen LogP contribution in [0.3, 0.4) is 0 Å². The third kappa shape index (κ3) is 3.51. The molecule has 28 heavy (non-hydrogen) atoms. The smallest absolute Gasteiger partial charge is 0.253 e. The van der Waals surface area contributed by atoms with Crippen molar-refractivity contribution in [2.75, 3.05) is 24.5 Å². The highest BCUT2D eigenvalue weighted by atomic mass is 19.2. The maximum atomic E-state index is 13.4. The number of nitrogens with zero attached hydrogens (tertiary/aromatic N) is 2. The molecule has 1 fully saturated rings. The minimum absolute atomic E-state index is 0.118. The number of benzene rings is 2. The van der Waals surface area contributed by atoms with Crippen molar-refractivity contribution >= 4 is 17.5 Å². The maximum absolute atomic E-state index is 13.4. The zero-order chi connectivity index (χ0) is 19.7. The number of anilines is 1.